The Bertz CT molecular complexity index is 1340. The van der Waals surface area contributed by atoms with Gasteiger partial charge < -0.3 is 24.8 Å². The van der Waals surface area contributed by atoms with Crippen LogP contribution in [0.25, 0.3) is 0 Å². The van der Waals surface area contributed by atoms with Crippen molar-refractivity contribution in [1.82, 2.24) is 4.98 Å². The van der Waals surface area contributed by atoms with E-state index in [4.69, 9.17) is 9.47 Å². The van der Waals surface area contributed by atoms with Crippen LogP contribution in [0.1, 0.15) is 12.0 Å². The third kappa shape index (κ3) is 5.72. The zero-order valence-corrected chi connectivity index (χ0v) is 18.7. The lowest BCUT2D eigenvalue weighted by molar-refractivity contribution is -0.333. The van der Waals surface area contributed by atoms with Crippen LogP contribution in [-0.2, 0) is 10.3 Å². The molecule has 7 nitrogen and oxygen atoms in total. The van der Waals surface area contributed by atoms with E-state index in [2.05, 4.69) is 15.0 Å². The van der Waals surface area contributed by atoms with Crippen LogP contribution in [0, 0.1) is 11.6 Å². The lowest BCUT2D eigenvalue weighted by Gasteiger charge is -2.43. The van der Waals surface area contributed by atoms with Crippen LogP contribution in [0.3, 0.4) is 0 Å². The van der Waals surface area contributed by atoms with Crippen molar-refractivity contribution in [2.24, 2.45) is 0 Å². The van der Waals surface area contributed by atoms with Crippen LogP contribution >= 0.6 is 0 Å². The predicted molar refractivity (Wildman–Crippen MR) is 115 cm³/mol. The van der Waals surface area contributed by atoms with E-state index >= 15 is 0 Å². The molecule has 0 bridgehead atoms. The molecule has 1 unspecified atom stereocenters. The molecule has 2 N–H and O–H groups in total. The lowest BCUT2D eigenvalue weighted by Crippen LogP contribution is -2.52. The number of carbonyl (C=O) groups is 1. The molecule has 1 atom stereocenters. The van der Waals surface area contributed by atoms with Crippen molar-refractivity contribution >= 4 is 17.4 Å². The minimum absolute atomic E-state index is 0.223. The number of hydrogen-bond donors (Lipinski definition) is 2. The molecular weight excluding hydrogens is 534 g/mol. The maximum absolute atomic E-state index is 14.0. The number of halogens is 8. The third-order valence-electron chi connectivity index (χ3n) is 5.28. The zero-order chi connectivity index (χ0) is 27.7. The van der Waals surface area contributed by atoms with Gasteiger partial charge in [0.15, 0.2) is 5.60 Å². The van der Waals surface area contributed by atoms with Crippen molar-refractivity contribution in [2.75, 3.05) is 17.2 Å². The number of amides is 2. The summed E-state index contributed by atoms with van der Waals surface area (Å²) < 4.78 is 121. The molecule has 202 valence electrons. The molecule has 0 radical (unpaired) electrons. The standard InChI is InChI=1S/C23H15F8N3O4/c24-12-3-6-18(14(10-12)21(7-9-36-21)22(26,27)28)37-19-16(2-1-8-32-19)33-20(35)34-17-11-13(4-5-15(17)25)38-23(29,30)31/h1-6,8,10-11H,7,9H2,(H2,33,34,35). The molecule has 2 heterocycles. The van der Waals surface area contributed by atoms with Crippen molar-refractivity contribution in [2.45, 2.75) is 24.6 Å². The molecule has 2 amide bonds. The molecule has 1 aromatic heterocycles. The SMILES string of the molecule is O=C(Nc1cc(OC(F)(F)F)ccc1F)Nc1cccnc1Oc1ccc(F)cc1C1(C(F)(F)F)CCO1. The van der Waals surface area contributed by atoms with E-state index < -0.39 is 70.9 Å². The molecule has 4 rings (SSSR count). The highest BCUT2D eigenvalue weighted by Crippen LogP contribution is 2.53. The fraction of sp³-hybridized carbons (Fsp3) is 0.217. The molecule has 3 aromatic rings. The number of urea groups is 1. The second-order valence-electron chi connectivity index (χ2n) is 7.79. The van der Waals surface area contributed by atoms with Gasteiger partial charge in [0.2, 0.25) is 5.88 Å². The summed E-state index contributed by atoms with van der Waals surface area (Å²) in [7, 11) is 0. The number of pyridine rings is 1. The van der Waals surface area contributed by atoms with Crippen molar-refractivity contribution in [3.8, 4) is 17.4 Å². The average Bonchev–Trinajstić information content (AvgIpc) is 2.76. The van der Waals surface area contributed by atoms with E-state index in [9.17, 15) is 39.9 Å². The van der Waals surface area contributed by atoms with E-state index in [1.165, 1.54) is 18.3 Å². The lowest BCUT2D eigenvalue weighted by atomic mass is 9.85. The van der Waals surface area contributed by atoms with Crippen LogP contribution < -0.4 is 20.1 Å². The van der Waals surface area contributed by atoms with Crippen molar-refractivity contribution < 1.29 is 54.1 Å². The van der Waals surface area contributed by atoms with Gasteiger partial charge in [-0.1, -0.05) is 0 Å². The van der Waals surface area contributed by atoms with E-state index in [1.807, 2.05) is 5.32 Å². The number of aromatic nitrogens is 1. The van der Waals surface area contributed by atoms with Gasteiger partial charge in [0, 0.05) is 24.2 Å². The van der Waals surface area contributed by atoms with Crippen LogP contribution in [0.15, 0.2) is 54.7 Å². The summed E-state index contributed by atoms with van der Waals surface area (Å²) in [5, 5.41) is 4.19. The molecule has 1 saturated heterocycles. The first-order chi connectivity index (χ1) is 17.8. The summed E-state index contributed by atoms with van der Waals surface area (Å²) in [4.78, 5) is 16.3. The number of ether oxygens (including phenoxy) is 3. The highest BCUT2D eigenvalue weighted by molar-refractivity contribution is 6.00. The highest BCUT2D eigenvalue weighted by Gasteiger charge is 2.62. The predicted octanol–water partition coefficient (Wildman–Crippen LogP) is 6.87. The molecular formula is C23H15F8N3O4. The van der Waals surface area contributed by atoms with E-state index in [-0.39, 0.29) is 12.3 Å². The molecule has 1 aliphatic heterocycles. The van der Waals surface area contributed by atoms with Gasteiger partial charge in [-0.25, -0.2) is 18.6 Å². The Labute approximate surface area is 208 Å². The Balaban J connectivity index is 1.57. The summed E-state index contributed by atoms with van der Waals surface area (Å²) in [5.41, 5.74) is -4.36. The second kappa shape index (κ2) is 9.96. The van der Waals surface area contributed by atoms with Crippen LogP contribution in [0.5, 0.6) is 17.4 Å². The molecule has 2 aromatic carbocycles. The first-order valence-corrected chi connectivity index (χ1v) is 10.5. The van der Waals surface area contributed by atoms with E-state index in [0.717, 1.165) is 12.1 Å². The van der Waals surface area contributed by atoms with Gasteiger partial charge in [-0.05, 0) is 42.5 Å². The normalized spacial score (nSPS) is 17.4. The van der Waals surface area contributed by atoms with Gasteiger partial charge in [-0.3, -0.25) is 0 Å². The van der Waals surface area contributed by atoms with Gasteiger partial charge in [0.25, 0.3) is 0 Å². The first-order valence-electron chi connectivity index (χ1n) is 10.5. The van der Waals surface area contributed by atoms with E-state index in [1.54, 1.807) is 0 Å². The van der Waals surface area contributed by atoms with Gasteiger partial charge >= 0.3 is 18.6 Å². The summed E-state index contributed by atoms with van der Waals surface area (Å²) in [6.45, 7) is -0.224. The monoisotopic (exact) mass is 549 g/mol. The third-order valence-corrected chi connectivity index (χ3v) is 5.28. The van der Waals surface area contributed by atoms with Crippen molar-refractivity contribution in [1.29, 1.82) is 0 Å². The molecule has 15 heteroatoms. The molecule has 1 aliphatic rings. The molecule has 0 spiro atoms. The van der Waals surface area contributed by atoms with Gasteiger partial charge in [-0.2, -0.15) is 13.2 Å². The van der Waals surface area contributed by atoms with Gasteiger partial charge in [-0.15, -0.1) is 13.2 Å². The maximum atomic E-state index is 14.0. The number of alkyl halides is 6. The minimum Gasteiger partial charge on any atom is -0.437 e. The fourth-order valence-electron chi connectivity index (χ4n) is 3.55. The number of nitrogens with zero attached hydrogens (tertiary/aromatic N) is 1. The maximum Gasteiger partial charge on any atom is 0.573 e. The van der Waals surface area contributed by atoms with Crippen LogP contribution in [0.2, 0.25) is 0 Å². The average molecular weight is 549 g/mol. The summed E-state index contributed by atoms with van der Waals surface area (Å²) in [6.07, 6.45) is -9.28. The molecule has 0 saturated carbocycles. The Hall–Kier alpha value is -4.14. The van der Waals surface area contributed by atoms with Gasteiger partial charge in [0.05, 0.1) is 12.3 Å². The Morgan fingerprint density at radius 2 is 1.68 bits per heavy atom. The summed E-state index contributed by atoms with van der Waals surface area (Å²) in [5.74, 6) is -3.77. The van der Waals surface area contributed by atoms with E-state index in [0.29, 0.717) is 24.3 Å². The van der Waals surface area contributed by atoms with Crippen LogP contribution in [-0.4, -0.2) is 30.2 Å². The summed E-state index contributed by atoms with van der Waals surface area (Å²) in [6, 6.07) is 5.68. The fourth-order valence-corrected chi connectivity index (χ4v) is 3.55. The molecule has 0 aliphatic carbocycles. The van der Waals surface area contributed by atoms with Crippen LogP contribution in [0.4, 0.5) is 51.3 Å². The smallest absolute Gasteiger partial charge is 0.437 e. The summed E-state index contributed by atoms with van der Waals surface area (Å²) >= 11 is 0. The number of rotatable bonds is 6. The quantitative estimate of drug-likeness (QED) is 0.328. The zero-order valence-electron chi connectivity index (χ0n) is 18.7. The van der Waals surface area contributed by atoms with Crippen molar-refractivity contribution in [3.63, 3.8) is 0 Å². The second-order valence-corrected chi connectivity index (χ2v) is 7.79. The minimum atomic E-state index is -5.06. The Kier molecular flexibility index (Phi) is 7.06. The number of carbonyl (C=O) groups excluding carboxylic acids is 1. The largest absolute Gasteiger partial charge is 0.573 e. The topological polar surface area (TPSA) is 81.7 Å². The molecule has 1 fully saturated rings. The number of nitrogens with one attached hydrogen (secondary N) is 2. The number of anilines is 2. The Morgan fingerprint density at radius 1 is 0.974 bits per heavy atom. The first kappa shape index (κ1) is 26.9. The number of benzene rings is 2. The van der Waals surface area contributed by atoms with Crippen molar-refractivity contribution in [3.05, 3.63) is 71.9 Å². The Morgan fingerprint density at radius 3 is 2.32 bits per heavy atom. The number of hydrogen-bond acceptors (Lipinski definition) is 5. The highest BCUT2D eigenvalue weighted by atomic mass is 19.4. The molecule has 38 heavy (non-hydrogen) atoms. The van der Waals surface area contributed by atoms with Gasteiger partial charge in [0.1, 0.15) is 28.8 Å².